The van der Waals surface area contributed by atoms with Crippen LogP contribution >= 0.6 is 11.8 Å². The first-order chi connectivity index (χ1) is 15.3. The molecule has 0 bridgehead atoms. The van der Waals surface area contributed by atoms with Crippen LogP contribution in [0.2, 0.25) is 0 Å². The Morgan fingerprint density at radius 1 is 1.00 bits per heavy atom. The number of carbonyl (C=O) groups is 1. The number of nitrogens with two attached hydrogens (primary N) is 1. The molecule has 1 saturated heterocycles. The summed E-state index contributed by atoms with van der Waals surface area (Å²) in [5.41, 5.74) is 2.21. The molecule has 3 aromatic rings. The number of ether oxygens (including phenoxy) is 1. The van der Waals surface area contributed by atoms with Crippen LogP contribution in [0.15, 0.2) is 88.7 Å². The number of hydrogen-bond donors (Lipinski definition) is 2. The molecule has 0 spiro atoms. The number of thioether (sulfide) groups is 1. The SMILES string of the molecule is N=C1S/C(=C\c2cccc(OCc3ccccc3)c2)C(=O)N1c1ccc(S(N)(=O)=O)cc1. The number of anilines is 1. The zero-order valence-corrected chi connectivity index (χ0v) is 18.4. The van der Waals surface area contributed by atoms with E-state index in [2.05, 4.69) is 0 Å². The van der Waals surface area contributed by atoms with E-state index in [0.29, 0.717) is 22.9 Å². The molecule has 0 atom stereocenters. The fraction of sp³-hybridized carbons (Fsp3) is 0.0435. The van der Waals surface area contributed by atoms with E-state index in [1.54, 1.807) is 6.08 Å². The van der Waals surface area contributed by atoms with E-state index in [-0.39, 0.29) is 16.0 Å². The number of amidine groups is 1. The van der Waals surface area contributed by atoms with Gasteiger partial charge in [-0.1, -0.05) is 42.5 Å². The second-order valence-electron chi connectivity index (χ2n) is 6.94. The molecular weight excluding hydrogens is 446 g/mol. The Balaban J connectivity index is 1.51. The third-order valence-electron chi connectivity index (χ3n) is 4.65. The Bertz CT molecular complexity index is 1300. The molecule has 1 amide bonds. The van der Waals surface area contributed by atoms with Gasteiger partial charge in [-0.15, -0.1) is 0 Å². The van der Waals surface area contributed by atoms with Crippen molar-refractivity contribution in [3.8, 4) is 5.75 Å². The van der Waals surface area contributed by atoms with Crippen molar-refractivity contribution >= 4 is 44.6 Å². The van der Waals surface area contributed by atoms with Crippen molar-refractivity contribution in [2.75, 3.05) is 4.90 Å². The summed E-state index contributed by atoms with van der Waals surface area (Å²) in [6, 6.07) is 22.7. The van der Waals surface area contributed by atoms with Gasteiger partial charge in [0.15, 0.2) is 5.17 Å². The Hall–Kier alpha value is -3.40. The van der Waals surface area contributed by atoms with Crippen LogP contribution in [0, 0.1) is 5.41 Å². The minimum atomic E-state index is -3.83. The van der Waals surface area contributed by atoms with Gasteiger partial charge in [0, 0.05) is 0 Å². The summed E-state index contributed by atoms with van der Waals surface area (Å²) in [4.78, 5) is 14.5. The highest BCUT2D eigenvalue weighted by atomic mass is 32.2. The highest BCUT2D eigenvalue weighted by molar-refractivity contribution is 8.19. The number of nitrogens with one attached hydrogen (secondary N) is 1. The van der Waals surface area contributed by atoms with E-state index in [1.165, 1.54) is 29.2 Å². The molecule has 3 N–H and O–H groups in total. The first kappa shape index (κ1) is 21.8. The molecule has 9 heteroatoms. The molecule has 7 nitrogen and oxygen atoms in total. The Morgan fingerprint density at radius 2 is 1.72 bits per heavy atom. The van der Waals surface area contributed by atoms with E-state index in [1.807, 2.05) is 54.6 Å². The molecule has 0 aromatic heterocycles. The Morgan fingerprint density at radius 3 is 2.41 bits per heavy atom. The summed E-state index contributed by atoms with van der Waals surface area (Å²) >= 11 is 1.03. The lowest BCUT2D eigenvalue weighted by Gasteiger charge is -2.14. The fourth-order valence-electron chi connectivity index (χ4n) is 3.09. The molecule has 1 heterocycles. The number of primary sulfonamides is 1. The highest BCUT2D eigenvalue weighted by Crippen LogP contribution is 2.35. The van der Waals surface area contributed by atoms with E-state index in [4.69, 9.17) is 15.3 Å². The zero-order chi connectivity index (χ0) is 22.7. The molecule has 3 aromatic carbocycles. The van der Waals surface area contributed by atoms with Gasteiger partial charge in [-0.2, -0.15) is 0 Å². The zero-order valence-electron chi connectivity index (χ0n) is 16.8. The highest BCUT2D eigenvalue weighted by Gasteiger charge is 2.33. The third-order valence-corrected chi connectivity index (χ3v) is 6.47. The van der Waals surface area contributed by atoms with E-state index in [0.717, 1.165) is 22.9 Å². The fourth-order valence-corrected chi connectivity index (χ4v) is 4.47. The first-order valence-electron chi connectivity index (χ1n) is 9.53. The van der Waals surface area contributed by atoms with Gasteiger partial charge in [-0.25, -0.2) is 13.6 Å². The molecular formula is C23H19N3O4S2. The van der Waals surface area contributed by atoms with Crippen molar-refractivity contribution in [1.82, 2.24) is 0 Å². The van der Waals surface area contributed by atoms with Crippen molar-refractivity contribution in [1.29, 1.82) is 5.41 Å². The van der Waals surface area contributed by atoms with Crippen LogP contribution < -0.4 is 14.8 Å². The predicted octanol–water partition coefficient (Wildman–Crippen LogP) is 3.97. The van der Waals surface area contributed by atoms with Crippen LogP contribution in [-0.2, 0) is 21.4 Å². The maximum Gasteiger partial charge on any atom is 0.271 e. The standard InChI is InChI=1S/C23H19N3O4S2/c24-23-26(18-9-11-20(12-10-18)32(25,28)29)22(27)21(31-23)14-17-7-4-8-19(13-17)30-15-16-5-2-1-3-6-16/h1-14,24H,15H2,(H2,25,28,29)/b21-14-,24-23?. The lowest BCUT2D eigenvalue weighted by molar-refractivity contribution is -0.113. The predicted molar refractivity (Wildman–Crippen MR) is 126 cm³/mol. The normalized spacial score (nSPS) is 15.4. The lowest BCUT2D eigenvalue weighted by atomic mass is 10.2. The molecule has 0 radical (unpaired) electrons. The number of carbonyl (C=O) groups excluding carboxylic acids is 1. The summed E-state index contributed by atoms with van der Waals surface area (Å²) in [7, 11) is -3.83. The minimum absolute atomic E-state index is 0.0288. The number of rotatable bonds is 6. The molecule has 0 unspecified atom stereocenters. The average molecular weight is 466 g/mol. The number of sulfonamides is 1. The summed E-state index contributed by atoms with van der Waals surface area (Å²) in [6.07, 6.45) is 1.70. The van der Waals surface area contributed by atoms with Crippen LogP contribution in [0.5, 0.6) is 5.75 Å². The molecule has 4 rings (SSSR count). The summed E-state index contributed by atoms with van der Waals surface area (Å²) in [6.45, 7) is 0.432. The maximum atomic E-state index is 12.9. The van der Waals surface area contributed by atoms with Crippen LogP contribution in [0.4, 0.5) is 5.69 Å². The van der Waals surface area contributed by atoms with Crippen LogP contribution in [-0.4, -0.2) is 19.5 Å². The van der Waals surface area contributed by atoms with Crippen molar-refractivity contribution in [2.24, 2.45) is 5.14 Å². The van der Waals surface area contributed by atoms with Crippen LogP contribution in [0.1, 0.15) is 11.1 Å². The van der Waals surface area contributed by atoms with Gasteiger partial charge in [0.25, 0.3) is 5.91 Å². The summed E-state index contributed by atoms with van der Waals surface area (Å²) in [5.74, 6) is 0.308. The molecule has 1 aliphatic heterocycles. The molecule has 162 valence electrons. The number of hydrogen-bond acceptors (Lipinski definition) is 6. The Kier molecular flexibility index (Phi) is 6.13. The molecule has 1 aliphatic rings. The first-order valence-corrected chi connectivity index (χ1v) is 11.9. The molecule has 1 fully saturated rings. The second-order valence-corrected chi connectivity index (χ2v) is 9.53. The van der Waals surface area contributed by atoms with Crippen LogP contribution in [0.3, 0.4) is 0 Å². The number of benzene rings is 3. The van der Waals surface area contributed by atoms with E-state index < -0.39 is 10.0 Å². The van der Waals surface area contributed by atoms with Gasteiger partial charge in [-0.3, -0.25) is 15.1 Å². The summed E-state index contributed by atoms with van der Waals surface area (Å²) < 4.78 is 28.7. The van der Waals surface area contributed by atoms with Gasteiger partial charge in [0.05, 0.1) is 15.5 Å². The minimum Gasteiger partial charge on any atom is -0.489 e. The third kappa shape index (κ3) is 4.91. The van der Waals surface area contributed by atoms with Crippen molar-refractivity contribution in [3.63, 3.8) is 0 Å². The Labute approximate surface area is 190 Å². The van der Waals surface area contributed by atoms with Gasteiger partial charge < -0.3 is 4.74 Å². The average Bonchev–Trinajstić information content (AvgIpc) is 3.05. The molecule has 32 heavy (non-hydrogen) atoms. The van der Waals surface area contributed by atoms with Crippen LogP contribution in [0.25, 0.3) is 6.08 Å². The van der Waals surface area contributed by atoms with E-state index >= 15 is 0 Å². The van der Waals surface area contributed by atoms with Gasteiger partial charge >= 0.3 is 0 Å². The van der Waals surface area contributed by atoms with Gasteiger partial charge in [0.2, 0.25) is 10.0 Å². The summed E-state index contributed by atoms with van der Waals surface area (Å²) in [5, 5.41) is 13.4. The smallest absolute Gasteiger partial charge is 0.271 e. The lowest BCUT2D eigenvalue weighted by Crippen LogP contribution is -2.28. The van der Waals surface area contributed by atoms with E-state index in [9.17, 15) is 13.2 Å². The van der Waals surface area contributed by atoms with Gasteiger partial charge in [-0.05, 0) is 65.4 Å². The second kappa shape index (κ2) is 8.99. The van der Waals surface area contributed by atoms with Crippen molar-refractivity contribution < 1.29 is 17.9 Å². The van der Waals surface area contributed by atoms with Crippen molar-refractivity contribution in [2.45, 2.75) is 11.5 Å². The van der Waals surface area contributed by atoms with Gasteiger partial charge in [0.1, 0.15) is 12.4 Å². The quantitative estimate of drug-likeness (QED) is 0.535. The largest absolute Gasteiger partial charge is 0.489 e. The number of nitrogens with zero attached hydrogens (tertiary/aromatic N) is 1. The monoisotopic (exact) mass is 465 g/mol. The maximum absolute atomic E-state index is 12.9. The molecule has 0 saturated carbocycles. The topological polar surface area (TPSA) is 114 Å². The number of amides is 1. The van der Waals surface area contributed by atoms with Crippen molar-refractivity contribution in [3.05, 3.63) is 94.9 Å². The molecule has 0 aliphatic carbocycles.